The van der Waals surface area contributed by atoms with E-state index in [0.29, 0.717) is 6.42 Å². The van der Waals surface area contributed by atoms with Crippen LogP contribution in [0.1, 0.15) is 75.2 Å². The predicted octanol–water partition coefficient (Wildman–Crippen LogP) is 5.20. The first-order valence-electron chi connectivity index (χ1n) is 7.87. The summed E-state index contributed by atoms with van der Waals surface area (Å²) in [6.45, 7) is 19.2. The van der Waals surface area contributed by atoms with Crippen molar-refractivity contribution in [2.45, 2.75) is 80.9 Å². The third-order valence-corrected chi connectivity index (χ3v) is 5.61. The zero-order chi connectivity index (χ0) is 16.9. The molecule has 0 saturated heterocycles. The summed E-state index contributed by atoms with van der Waals surface area (Å²) < 4.78 is 0. The third-order valence-electron chi connectivity index (χ3n) is 5.61. The fourth-order valence-electron chi connectivity index (χ4n) is 6.75. The molecule has 1 aliphatic rings. The van der Waals surface area contributed by atoms with E-state index in [4.69, 9.17) is 9.78 Å². The lowest BCUT2D eigenvalue weighted by atomic mass is 9.37. The first-order chi connectivity index (χ1) is 9.22. The molecule has 1 saturated carbocycles. The average molecular weight is 302 g/mol. The molecular formula is C17H34O4. The highest BCUT2D eigenvalue weighted by molar-refractivity contribution is 5.16. The minimum Gasteiger partial charge on any atom is -0.249 e. The lowest BCUT2D eigenvalue weighted by Gasteiger charge is -2.69. The summed E-state index contributed by atoms with van der Waals surface area (Å²) in [5, 5.41) is 19.5. The van der Waals surface area contributed by atoms with Crippen LogP contribution in [0.5, 0.6) is 0 Å². The molecule has 1 aliphatic carbocycles. The molecule has 0 aromatic carbocycles. The molecule has 1 atom stereocenters. The van der Waals surface area contributed by atoms with Crippen molar-refractivity contribution >= 4 is 0 Å². The van der Waals surface area contributed by atoms with E-state index < -0.39 is 11.2 Å². The van der Waals surface area contributed by atoms with Crippen molar-refractivity contribution in [2.75, 3.05) is 0 Å². The molecule has 21 heavy (non-hydrogen) atoms. The molecule has 1 rings (SSSR count). The molecule has 1 unspecified atom stereocenters. The maximum Gasteiger partial charge on any atom is 0.240 e. The molecular weight excluding hydrogens is 268 g/mol. The summed E-state index contributed by atoms with van der Waals surface area (Å²) in [5.41, 5.74) is -1.33. The SMILES string of the molecule is CC1CC(C)(C)C(C(C)(C)C)(C(C)(C)C)C(OO)(OO)C1. The molecule has 0 aromatic rings. The minimum atomic E-state index is -1.44. The second-order valence-corrected chi connectivity index (χ2v) is 9.58. The monoisotopic (exact) mass is 302 g/mol. The van der Waals surface area contributed by atoms with Gasteiger partial charge in [-0.1, -0.05) is 62.3 Å². The van der Waals surface area contributed by atoms with Crippen molar-refractivity contribution in [1.29, 1.82) is 0 Å². The molecule has 0 heterocycles. The summed E-state index contributed by atoms with van der Waals surface area (Å²) in [7, 11) is 0. The molecule has 0 radical (unpaired) electrons. The van der Waals surface area contributed by atoms with E-state index in [0.717, 1.165) is 6.42 Å². The lowest BCUT2D eigenvalue weighted by molar-refractivity contribution is -0.553. The number of rotatable bonds is 2. The Morgan fingerprint density at radius 3 is 1.52 bits per heavy atom. The van der Waals surface area contributed by atoms with Gasteiger partial charge in [0.05, 0.1) is 0 Å². The third kappa shape index (κ3) is 2.35. The largest absolute Gasteiger partial charge is 0.249 e. The maximum absolute atomic E-state index is 9.77. The molecule has 0 spiro atoms. The fourth-order valence-corrected chi connectivity index (χ4v) is 6.75. The van der Waals surface area contributed by atoms with Crippen LogP contribution in [0, 0.1) is 27.6 Å². The molecule has 4 nitrogen and oxygen atoms in total. The van der Waals surface area contributed by atoms with Gasteiger partial charge in [-0.2, -0.15) is 9.78 Å². The Morgan fingerprint density at radius 1 is 0.857 bits per heavy atom. The Labute approximate surface area is 129 Å². The highest BCUT2D eigenvalue weighted by Crippen LogP contribution is 2.72. The maximum atomic E-state index is 9.77. The topological polar surface area (TPSA) is 58.9 Å². The van der Waals surface area contributed by atoms with E-state index in [-0.39, 0.29) is 22.2 Å². The molecule has 0 bridgehead atoms. The van der Waals surface area contributed by atoms with Crippen LogP contribution >= 0.6 is 0 Å². The molecule has 0 amide bonds. The van der Waals surface area contributed by atoms with Crippen molar-refractivity contribution in [1.82, 2.24) is 0 Å². The van der Waals surface area contributed by atoms with Crippen LogP contribution in [0.15, 0.2) is 0 Å². The van der Waals surface area contributed by atoms with Crippen LogP contribution in [-0.2, 0) is 9.78 Å². The minimum absolute atomic E-state index is 0.202. The summed E-state index contributed by atoms with van der Waals surface area (Å²) >= 11 is 0. The van der Waals surface area contributed by atoms with Crippen molar-refractivity contribution in [3.63, 3.8) is 0 Å². The molecule has 1 fully saturated rings. The van der Waals surface area contributed by atoms with Crippen molar-refractivity contribution < 1.29 is 20.3 Å². The van der Waals surface area contributed by atoms with Gasteiger partial charge in [0.15, 0.2) is 0 Å². The second kappa shape index (κ2) is 5.19. The van der Waals surface area contributed by atoms with Gasteiger partial charge in [-0.15, -0.1) is 0 Å². The Morgan fingerprint density at radius 2 is 1.24 bits per heavy atom. The summed E-state index contributed by atoms with van der Waals surface area (Å²) in [6, 6.07) is 0. The lowest BCUT2D eigenvalue weighted by Crippen LogP contribution is -2.72. The van der Waals surface area contributed by atoms with Gasteiger partial charge in [-0.25, -0.2) is 10.5 Å². The van der Waals surface area contributed by atoms with Gasteiger partial charge in [0.25, 0.3) is 0 Å². The normalized spacial score (nSPS) is 28.4. The number of hydrogen-bond acceptors (Lipinski definition) is 4. The smallest absolute Gasteiger partial charge is 0.240 e. The van der Waals surface area contributed by atoms with E-state index in [1.54, 1.807) is 0 Å². The second-order valence-electron chi connectivity index (χ2n) is 9.58. The van der Waals surface area contributed by atoms with Crippen LogP contribution < -0.4 is 0 Å². The molecule has 0 aliphatic heterocycles. The Kier molecular flexibility index (Phi) is 4.67. The van der Waals surface area contributed by atoms with E-state index in [1.807, 2.05) is 0 Å². The zero-order valence-corrected chi connectivity index (χ0v) is 15.2. The van der Waals surface area contributed by atoms with Crippen molar-refractivity contribution in [3.8, 4) is 0 Å². The highest BCUT2D eigenvalue weighted by Gasteiger charge is 2.74. The predicted molar refractivity (Wildman–Crippen MR) is 83.7 cm³/mol. The first-order valence-corrected chi connectivity index (χ1v) is 7.87. The van der Waals surface area contributed by atoms with Gasteiger partial charge >= 0.3 is 0 Å². The van der Waals surface area contributed by atoms with E-state index in [2.05, 4.69) is 62.3 Å². The van der Waals surface area contributed by atoms with Crippen molar-refractivity contribution in [3.05, 3.63) is 0 Å². The zero-order valence-electron chi connectivity index (χ0n) is 15.2. The van der Waals surface area contributed by atoms with Gasteiger partial charge in [0.1, 0.15) is 0 Å². The molecule has 2 N–H and O–H groups in total. The van der Waals surface area contributed by atoms with E-state index >= 15 is 0 Å². The first kappa shape index (κ1) is 18.9. The van der Waals surface area contributed by atoms with Crippen LogP contribution in [0.4, 0.5) is 0 Å². The Hall–Kier alpha value is -0.160. The highest BCUT2D eigenvalue weighted by atomic mass is 17.2. The van der Waals surface area contributed by atoms with Gasteiger partial charge < -0.3 is 0 Å². The summed E-state index contributed by atoms with van der Waals surface area (Å²) in [4.78, 5) is 9.86. The van der Waals surface area contributed by atoms with Crippen LogP contribution in [0.2, 0.25) is 0 Å². The van der Waals surface area contributed by atoms with Crippen LogP contribution in [0.3, 0.4) is 0 Å². The van der Waals surface area contributed by atoms with E-state index in [9.17, 15) is 10.5 Å². The molecule has 0 aromatic heterocycles. The van der Waals surface area contributed by atoms with Crippen LogP contribution in [-0.4, -0.2) is 16.3 Å². The molecule has 4 heteroatoms. The van der Waals surface area contributed by atoms with Crippen molar-refractivity contribution in [2.24, 2.45) is 27.6 Å². The standard InChI is InChI=1S/C17H34O4/c1-12-10-15(8,9)17(13(2,3)4,14(5,6)7)16(11-12,20-18)21-19/h12,18-19H,10-11H2,1-9H3. The van der Waals surface area contributed by atoms with Gasteiger partial charge in [-0.3, -0.25) is 0 Å². The Balaban J connectivity index is 3.81. The van der Waals surface area contributed by atoms with Crippen LogP contribution in [0.25, 0.3) is 0 Å². The Bertz CT molecular complexity index is 355. The fraction of sp³-hybridized carbons (Fsp3) is 1.00. The van der Waals surface area contributed by atoms with Gasteiger partial charge in [0, 0.05) is 11.8 Å². The summed E-state index contributed by atoms with van der Waals surface area (Å²) in [6.07, 6.45) is 1.44. The number of hydrogen-bond donors (Lipinski definition) is 2. The molecule has 126 valence electrons. The van der Waals surface area contributed by atoms with Gasteiger partial charge in [-0.05, 0) is 28.6 Å². The average Bonchev–Trinajstić information content (AvgIpc) is 2.21. The van der Waals surface area contributed by atoms with E-state index in [1.165, 1.54) is 0 Å². The quantitative estimate of drug-likeness (QED) is 0.418. The summed E-state index contributed by atoms with van der Waals surface area (Å²) in [5.74, 6) is -1.16. The van der Waals surface area contributed by atoms with Gasteiger partial charge in [0.2, 0.25) is 5.79 Å².